The molecule has 0 bridgehead atoms. The van der Waals surface area contributed by atoms with E-state index in [1.807, 2.05) is 0 Å². The van der Waals surface area contributed by atoms with Crippen molar-refractivity contribution in [2.24, 2.45) is 0 Å². The van der Waals surface area contributed by atoms with E-state index < -0.39 is 6.09 Å². The molecule has 4 heteroatoms. The highest BCUT2D eigenvalue weighted by Crippen LogP contribution is 1.86. The lowest BCUT2D eigenvalue weighted by Crippen LogP contribution is -2.12. The van der Waals surface area contributed by atoms with E-state index in [1.54, 1.807) is 12.4 Å². The number of imidazole rings is 1. The number of carbonyl (C=O) groups is 1. The maximum atomic E-state index is 10.9. The zero-order valence-electron chi connectivity index (χ0n) is 5.99. The summed E-state index contributed by atoms with van der Waals surface area (Å²) in [6.07, 6.45) is 5.82. The average molecular weight is 153 g/mol. The van der Waals surface area contributed by atoms with Crippen LogP contribution in [0.5, 0.6) is 0 Å². The van der Waals surface area contributed by atoms with Gasteiger partial charge in [0.05, 0.1) is 0 Å². The van der Waals surface area contributed by atoms with Gasteiger partial charge < -0.3 is 4.74 Å². The molecule has 1 aromatic heterocycles. The third-order valence-corrected chi connectivity index (χ3v) is 1.08. The molecule has 1 rings (SSSR count). The zero-order valence-corrected chi connectivity index (χ0v) is 5.99. The molecule has 0 saturated carbocycles. The van der Waals surface area contributed by atoms with E-state index in [4.69, 9.17) is 4.74 Å². The van der Waals surface area contributed by atoms with Crippen LogP contribution < -0.4 is 4.98 Å². The van der Waals surface area contributed by atoms with Crippen LogP contribution in [0.15, 0.2) is 31.4 Å². The molecule has 0 aliphatic rings. The van der Waals surface area contributed by atoms with E-state index in [0.717, 1.165) is 0 Å². The number of nitrogens with one attached hydrogen (secondary N) is 1. The Balaban J connectivity index is 2.49. The summed E-state index contributed by atoms with van der Waals surface area (Å²) in [6.45, 7) is 3.65. The Kier molecular flexibility index (Phi) is 2.43. The van der Waals surface area contributed by atoms with Crippen LogP contribution in [-0.4, -0.2) is 17.3 Å². The molecular weight excluding hydrogens is 144 g/mol. The van der Waals surface area contributed by atoms with Crippen LogP contribution in [-0.2, 0) is 4.74 Å². The summed E-state index contributed by atoms with van der Waals surface area (Å²) in [7, 11) is 0. The predicted molar refractivity (Wildman–Crippen MR) is 37.9 cm³/mol. The molecule has 0 amide bonds. The van der Waals surface area contributed by atoms with Gasteiger partial charge in [-0.05, 0) is 0 Å². The lowest BCUT2D eigenvalue weighted by Gasteiger charge is -1.93. The number of rotatable bonds is 2. The van der Waals surface area contributed by atoms with Crippen molar-refractivity contribution in [1.29, 1.82) is 0 Å². The SMILES string of the molecule is C=CCOC(=O)n1cc[nH+]c1. The van der Waals surface area contributed by atoms with Crippen LogP contribution in [0.2, 0.25) is 0 Å². The maximum absolute atomic E-state index is 10.9. The normalized spacial score (nSPS) is 9.09. The van der Waals surface area contributed by atoms with Gasteiger partial charge in [0, 0.05) is 0 Å². The van der Waals surface area contributed by atoms with Crippen LogP contribution in [0.4, 0.5) is 4.79 Å². The molecule has 1 aromatic rings. The number of ether oxygens (including phenoxy) is 1. The van der Waals surface area contributed by atoms with Crippen molar-refractivity contribution in [3.63, 3.8) is 0 Å². The lowest BCUT2D eigenvalue weighted by molar-refractivity contribution is -0.376. The van der Waals surface area contributed by atoms with Crippen molar-refractivity contribution >= 4 is 6.09 Å². The lowest BCUT2D eigenvalue weighted by atomic mass is 10.7. The van der Waals surface area contributed by atoms with Gasteiger partial charge in [0.25, 0.3) is 6.33 Å². The fourth-order valence-electron chi connectivity index (χ4n) is 0.608. The monoisotopic (exact) mass is 153 g/mol. The molecule has 0 saturated heterocycles. The highest BCUT2D eigenvalue weighted by atomic mass is 16.5. The van der Waals surface area contributed by atoms with Gasteiger partial charge >= 0.3 is 6.09 Å². The molecule has 1 N–H and O–H groups in total. The number of hydrogen-bond acceptors (Lipinski definition) is 2. The number of H-pyrrole nitrogens is 1. The van der Waals surface area contributed by atoms with Crippen molar-refractivity contribution in [2.45, 2.75) is 0 Å². The van der Waals surface area contributed by atoms with Crippen LogP contribution in [0, 0.1) is 0 Å². The Labute approximate surface area is 64.1 Å². The molecule has 0 aliphatic carbocycles. The van der Waals surface area contributed by atoms with Crippen molar-refractivity contribution in [3.8, 4) is 0 Å². The maximum Gasteiger partial charge on any atom is 0.511 e. The Bertz CT molecular complexity index is 241. The van der Waals surface area contributed by atoms with Gasteiger partial charge in [-0.25, -0.2) is 4.98 Å². The molecule has 0 radical (unpaired) electrons. The molecule has 0 spiro atoms. The first kappa shape index (κ1) is 7.53. The first-order valence-electron chi connectivity index (χ1n) is 3.16. The largest absolute Gasteiger partial charge is 0.511 e. The smallest absolute Gasteiger partial charge is 0.427 e. The Morgan fingerprint density at radius 1 is 1.82 bits per heavy atom. The number of carbonyl (C=O) groups excluding carboxylic acids is 1. The fraction of sp³-hybridized carbons (Fsp3) is 0.143. The second-order valence-electron chi connectivity index (χ2n) is 1.88. The van der Waals surface area contributed by atoms with Gasteiger partial charge in [-0.3, -0.25) is 0 Å². The Morgan fingerprint density at radius 2 is 2.64 bits per heavy atom. The van der Waals surface area contributed by atoms with E-state index in [1.165, 1.54) is 17.0 Å². The van der Waals surface area contributed by atoms with E-state index >= 15 is 0 Å². The zero-order chi connectivity index (χ0) is 8.10. The summed E-state index contributed by atoms with van der Waals surface area (Å²) >= 11 is 0. The molecule has 0 atom stereocenters. The number of hydrogen-bond donors (Lipinski definition) is 0. The molecule has 0 aromatic carbocycles. The molecule has 0 aliphatic heterocycles. The van der Waals surface area contributed by atoms with Gasteiger partial charge in [0.1, 0.15) is 19.0 Å². The summed E-state index contributed by atoms with van der Waals surface area (Å²) in [4.78, 5) is 13.7. The first-order valence-corrected chi connectivity index (χ1v) is 3.16. The molecule has 11 heavy (non-hydrogen) atoms. The first-order chi connectivity index (χ1) is 5.34. The minimum Gasteiger partial charge on any atom is -0.427 e. The van der Waals surface area contributed by atoms with Crippen molar-refractivity contribution in [3.05, 3.63) is 31.4 Å². The van der Waals surface area contributed by atoms with E-state index in [2.05, 4.69) is 11.6 Å². The van der Waals surface area contributed by atoms with Gasteiger partial charge in [-0.1, -0.05) is 12.7 Å². The average Bonchev–Trinajstić information content (AvgIpc) is 2.52. The van der Waals surface area contributed by atoms with Gasteiger partial charge in [-0.2, -0.15) is 4.79 Å². The van der Waals surface area contributed by atoms with Crippen molar-refractivity contribution < 1.29 is 14.5 Å². The predicted octanol–water partition coefficient (Wildman–Crippen LogP) is 0.473. The second kappa shape index (κ2) is 3.55. The van der Waals surface area contributed by atoms with E-state index in [9.17, 15) is 4.79 Å². The molecule has 0 unspecified atom stereocenters. The topological polar surface area (TPSA) is 45.4 Å². The quantitative estimate of drug-likeness (QED) is 0.580. The second-order valence-corrected chi connectivity index (χ2v) is 1.88. The summed E-state index contributed by atoms with van der Waals surface area (Å²) in [5.41, 5.74) is 0. The van der Waals surface area contributed by atoms with Crippen LogP contribution in [0.25, 0.3) is 0 Å². The molecule has 1 heterocycles. The van der Waals surface area contributed by atoms with Crippen LogP contribution in [0.1, 0.15) is 0 Å². The minimum atomic E-state index is -0.411. The van der Waals surface area contributed by atoms with Crippen molar-refractivity contribution in [1.82, 2.24) is 4.57 Å². The van der Waals surface area contributed by atoms with Crippen LogP contribution >= 0.6 is 0 Å². The third kappa shape index (κ3) is 1.93. The highest BCUT2D eigenvalue weighted by Gasteiger charge is 2.09. The number of nitrogens with zero attached hydrogens (tertiary/aromatic N) is 1. The summed E-state index contributed by atoms with van der Waals surface area (Å²) < 4.78 is 6.03. The molecular formula is C7H9N2O2+. The summed E-state index contributed by atoms with van der Waals surface area (Å²) in [6, 6.07) is 0. The highest BCUT2D eigenvalue weighted by molar-refractivity contribution is 5.69. The summed E-state index contributed by atoms with van der Waals surface area (Å²) in [5.74, 6) is 0. The van der Waals surface area contributed by atoms with Gasteiger partial charge in [0.15, 0.2) is 0 Å². The number of aromatic nitrogens is 2. The van der Waals surface area contributed by atoms with E-state index in [-0.39, 0.29) is 6.61 Å². The standard InChI is InChI=1S/C7H8N2O2/c1-2-5-11-7(10)9-4-3-8-6-9/h2-4,6H,1,5H2/p+1. The third-order valence-electron chi connectivity index (χ3n) is 1.08. The van der Waals surface area contributed by atoms with Gasteiger partial charge in [-0.15, -0.1) is 4.57 Å². The molecule has 4 nitrogen and oxygen atoms in total. The van der Waals surface area contributed by atoms with Gasteiger partial charge in [0.2, 0.25) is 0 Å². The fourth-order valence-corrected chi connectivity index (χ4v) is 0.608. The minimum absolute atomic E-state index is 0.233. The van der Waals surface area contributed by atoms with Crippen LogP contribution in [0.3, 0.4) is 0 Å². The van der Waals surface area contributed by atoms with Crippen molar-refractivity contribution in [2.75, 3.05) is 6.61 Å². The van der Waals surface area contributed by atoms with E-state index in [0.29, 0.717) is 0 Å². The summed E-state index contributed by atoms with van der Waals surface area (Å²) in [5, 5.41) is 0. The Morgan fingerprint density at radius 3 is 3.18 bits per heavy atom. The molecule has 0 fully saturated rings. The Hall–Kier alpha value is -1.58. The number of aromatic amines is 1. The molecule has 58 valence electrons.